The number of carbonyl (C=O) groups is 1. The van der Waals surface area contributed by atoms with Crippen LogP contribution < -0.4 is 10.1 Å². The van der Waals surface area contributed by atoms with Gasteiger partial charge >= 0.3 is 0 Å². The summed E-state index contributed by atoms with van der Waals surface area (Å²) in [5.74, 6) is 0.644. The van der Waals surface area contributed by atoms with Gasteiger partial charge in [0.25, 0.3) is 0 Å². The van der Waals surface area contributed by atoms with Crippen molar-refractivity contribution in [2.45, 2.75) is 30.1 Å². The zero-order valence-corrected chi connectivity index (χ0v) is 13.8. The summed E-state index contributed by atoms with van der Waals surface area (Å²) in [5.41, 5.74) is 1.48. The number of alkyl halides is 1. The second-order valence-electron chi connectivity index (χ2n) is 5.48. The fraction of sp³-hybridized carbons (Fsp3) is 0.462. The molecule has 1 aliphatic heterocycles. The summed E-state index contributed by atoms with van der Waals surface area (Å²) >= 11 is 5.10. The molecule has 2 aliphatic rings. The number of carbonyl (C=O) groups excluding carboxylic acids is 1. The summed E-state index contributed by atoms with van der Waals surface area (Å²) < 4.78 is 5.26. The molecule has 2 heterocycles. The first kappa shape index (κ1) is 13.9. The van der Waals surface area contributed by atoms with Crippen LogP contribution in [0.3, 0.4) is 0 Å². The van der Waals surface area contributed by atoms with Crippen LogP contribution in [0.5, 0.6) is 5.88 Å². The third-order valence-corrected chi connectivity index (χ3v) is 6.33. The number of ketones is 1. The Morgan fingerprint density at radius 1 is 1.50 bits per heavy atom. The summed E-state index contributed by atoms with van der Waals surface area (Å²) in [5, 5.41) is 4.02. The van der Waals surface area contributed by atoms with Gasteiger partial charge in [-0.15, -0.1) is 0 Å². The number of hydrogen-bond donors (Lipinski definition) is 1. The maximum Gasteiger partial charge on any atom is 0.241 e. The number of nitrogens with zero attached hydrogens (tertiary/aromatic N) is 2. The lowest BCUT2D eigenvalue weighted by molar-refractivity contribution is -0.117. The molecule has 1 atom stereocenters. The molecule has 0 unspecified atom stereocenters. The van der Waals surface area contributed by atoms with Crippen molar-refractivity contribution in [3.05, 3.63) is 16.9 Å². The molecule has 0 radical (unpaired) electrons. The maximum atomic E-state index is 12.3. The Morgan fingerprint density at radius 2 is 2.25 bits per heavy atom. The minimum absolute atomic E-state index is 0.0771. The van der Waals surface area contributed by atoms with Crippen LogP contribution in [0.15, 0.2) is 22.0 Å². The van der Waals surface area contributed by atoms with Crippen LogP contribution >= 0.6 is 27.7 Å². The second kappa shape index (κ2) is 4.73. The zero-order chi connectivity index (χ0) is 14.5. The van der Waals surface area contributed by atoms with E-state index in [1.165, 1.54) is 18.1 Å². The van der Waals surface area contributed by atoms with Gasteiger partial charge in [0.05, 0.1) is 16.8 Å². The zero-order valence-electron chi connectivity index (χ0n) is 11.4. The summed E-state index contributed by atoms with van der Waals surface area (Å²) in [6.45, 7) is 4.16. The normalized spacial score (nSPS) is 23.8. The Kier molecular flexibility index (Phi) is 3.29. The Bertz CT molecular complexity index is 630. The van der Waals surface area contributed by atoms with Gasteiger partial charge in [-0.25, -0.2) is 4.98 Å². The van der Waals surface area contributed by atoms with Crippen molar-refractivity contribution in [1.82, 2.24) is 9.97 Å². The third kappa shape index (κ3) is 2.03. The quantitative estimate of drug-likeness (QED) is 0.617. The van der Waals surface area contributed by atoms with Crippen molar-refractivity contribution < 1.29 is 9.53 Å². The first-order valence-corrected chi connectivity index (χ1v) is 7.92. The number of hydrogen-bond acceptors (Lipinski definition) is 6. The molecule has 0 saturated carbocycles. The smallest absolute Gasteiger partial charge is 0.241 e. The highest BCUT2D eigenvalue weighted by Gasteiger charge is 2.43. The van der Waals surface area contributed by atoms with Gasteiger partial charge in [-0.2, -0.15) is 4.98 Å². The van der Waals surface area contributed by atoms with Crippen LogP contribution in [0.2, 0.25) is 0 Å². The number of Topliss-reactive ketones (excluding diaryl/α,β-unsaturated/α-hetero) is 1. The van der Waals surface area contributed by atoms with Gasteiger partial charge in [0.2, 0.25) is 5.88 Å². The fourth-order valence-electron chi connectivity index (χ4n) is 2.40. The molecule has 5 nitrogen and oxygen atoms in total. The number of methoxy groups -OCH3 is 1. The van der Waals surface area contributed by atoms with Crippen molar-refractivity contribution in [2.24, 2.45) is 5.41 Å². The van der Waals surface area contributed by atoms with E-state index in [9.17, 15) is 4.79 Å². The fourth-order valence-corrected chi connectivity index (χ4v) is 4.05. The van der Waals surface area contributed by atoms with Crippen molar-refractivity contribution in [3.63, 3.8) is 0 Å². The summed E-state index contributed by atoms with van der Waals surface area (Å²) in [6, 6.07) is 0. The molecular formula is C13H14BrN3O2S. The molecular weight excluding hydrogens is 342 g/mol. The molecule has 0 fully saturated rings. The van der Waals surface area contributed by atoms with E-state index in [0.717, 1.165) is 21.3 Å². The molecule has 0 bridgehead atoms. The highest BCUT2D eigenvalue weighted by molar-refractivity contribution is 9.09. The van der Waals surface area contributed by atoms with E-state index in [0.29, 0.717) is 12.3 Å². The molecule has 20 heavy (non-hydrogen) atoms. The van der Waals surface area contributed by atoms with Crippen LogP contribution in [-0.4, -0.2) is 27.7 Å². The van der Waals surface area contributed by atoms with Gasteiger partial charge in [-0.3, -0.25) is 4.79 Å². The lowest BCUT2D eigenvalue weighted by Crippen LogP contribution is -2.38. The highest BCUT2D eigenvalue weighted by Crippen LogP contribution is 2.51. The molecule has 1 aromatic rings. The first-order chi connectivity index (χ1) is 9.44. The number of ether oxygens (including phenoxy) is 1. The van der Waals surface area contributed by atoms with E-state index in [4.69, 9.17) is 4.74 Å². The molecule has 0 aromatic carbocycles. The first-order valence-electron chi connectivity index (χ1n) is 6.19. The van der Waals surface area contributed by atoms with Crippen molar-refractivity contribution in [1.29, 1.82) is 0 Å². The molecule has 1 aromatic heterocycles. The number of nitrogens with one attached hydrogen (secondary N) is 1. The Hall–Kier alpha value is -1.08. The van der Waals surface area contributed by atoms with Gasteiger partial charge in [0.1, 0.15) is 17.0 Å². The molecule has 0 saturated heterocycles. The Morgan fingerprint density at radius 3 is 2.95 bits per heavy atom. The monoisotopic (exact) mass is 355 g/mol. The van der Waals surface area contributed by atoms with E-state index in [2.05, 4.69) is 45.1 Å². The molecule has 3 rings (SSSR count). The van der Waals surface area contributed by atoms with Crippen LogP contribution in [0.4, 0.5) is 5.69 Å². The lowest BCUT2D eigenvalue weighted by atomic mass is 9.78. The average molecular weight is 356 g/mol. The number of fused-ring (bicyclic) bond motifs is 1. The van der Waals surface area contributed by atoms with Gasteiger partial charge in [-0.05, 0) is 5.41 Å². The molecule has 0 spiro atoms. The second-order valence-corrected chi connectivity index (χ2v) is 7.40. The SMILES string of the molecule is COc1ncnc2c1NC1=C(S2)C(=O)CC(C)(C)[C@@H]1Br. The molecule has 1 aliphatic carbocycles. The number of anilines is 1. The minimum atomic E-state index is -0.135. The van der Waals surface area contributed by atoms with Crippen LogP contribution in [-0.2, 0) is 4.79 Å². The lowest BCUT2D eigenvalue weighted by Gasteiger charge is -2.39. The number of aromatic nitrogens is 2. The third-order valence-electron chi connectivity index (χ3n) is 3.48. The van der Waals surface area contributed by atoms with Gasteiger partial charge in [-0.1, -0.05) is 41.5 Å². The van der Waals surface area contributed by atoms with E-state index in [1.54, 1.807) is 7.11 Å². The molecule has 106 valence electrons. The number of halogens is 1. The molecule has 1 N–H and O–H groups in total. The maximum absolute atomic E-state index is 12.3. The Balaban J connectivity index is 2.09. The minimum Gasteiger partial charge on any atom is -0.479 e. The van der Waals surface area contributed by atoms with Crippen molar-refractivity contribution >= 4 is 39.2 Å². The number of rotatable bonds is 1. The van der Waals surface area contributed by atoms with E-state index in [-0.39, 0.29) is 16.0 Å². The average Bonchev–Trinajstić information content (AvgIpc) is 2.42. The van der Waals surface area contributed by atoms with E-state index in [1.807, 2.05) is 0 Å². The predicted molar refractivity (Wildman–Crippen MR) is 81.2 cm³/mol. The van der Waals surface area contributed by atoms with Crippen molar-refractivity contribution in [2.75, 3.05) is 12.4 Å². The number of allylic oxidation sites excluding steroid dienone is 2. The standard InChI is InChI=1S/C13H14BrN3O2S/c1-13(2)4-6(18)9-7(10(13)14)17-8-11(19-3)15-5-16-12(8)20-9/h5,10,17H,4H2,1-3H3/t10-/m1/s1. The largest absolute Gasteiger partial charge is 0.479 e. The highest BCUT2D eigenvalue weighted by atomic mass is 79.9. The van der Waals surface area contributed by atoms with Crippen molar-refractivity contribution in [3.8, 4) is 5.88 Å². The Labute approximate surface area is 129 Å². The van der Waals surface area contributed by atoms with Gasteiger partial charge in [0.15, 0.2) is 5.78 Å². The summed E-state index contributed by atoms with van der Waals surface area (Å²) in [6.07, 6.45) is 1.97. The van der Waals surface area contributed by atoms with E-state index >= 15 is 0 Å². The van der Waals surface area contributed by atoms with Crippen LogP contribution in [0, 0.1) is 5.41 Å². The molecule has 7 heteroatoms. The topological polar surface area (TPSA) is 64.1 Å². The van der Waals surface area contributed by atoms with E-state index < -0.39 is 0 Å². The predicted octanol–water partition coefficient (Wildman–Crippen LogP) is 2.98. The summed E-state index contributed by atoms with van der Waals surface area (Å²) in [7, 11) is 1.57. The summed E-state index contributed by atoms with van der Waals surface area (Å²) in [4.78, 5) is 21.5. The molecule has 0 amide bonds. The van der Waals surface area contributed by atoms with Gasteiger partial charge in [0, 0.05) is 12.1 Å². The van der Waals surface area contributed by atoms with Crippen LogP contribution in [0.1, 0.15) is 20.3 Å². The van der Waals surface area contributed by atoms with Crippen LogP contribution in [0.25, 0.3) is 0 Å². The number of thioether (sulfide) groups is 1. The van der Waals surface area contributed by atoms with Gasteiger partial charge < -0.3 is 10.1 Å².